The summed E-state index contributed by atoms with van der Waals surface area (Å²) in [5, 5.41) is 12.4. The van der Waals surface area contributed by atoms with Crippen molar-refractivity contribution in [3.8, 4) is 0 Å². The fourth-order valence-electron chi connectivity index (χ4n) is 1.05. The highest BCUT2D eigenvalue weighted by Crippen LogP contribution is 2.15. The van der Waals surface area contributed by atoms with Gasteiger partial charge in [-0.15, -0.1) is 10.2 Å². The second-order valence-electron chi connectivity index (χ2n) is 2.82. The van der Waals surface area contributed by atoms with Crippen LogP contribution in [-0.4, -0.2) is 17.2 Å². The Morgan fingerprint density at radius 3 is 3.07 bits per heavy atom. The van der Waals surface area contributed by atoms with Gasteiger partial charge in [-0.2, -0.15) is 0 Å². The Kier molecular flexibility index (Phi) is 3.31. The van der Waals surface area contributed by atoms with Crippen LogP contribution in [0.2, 0.25) is 0 Å². The molecule has 0 radical (unpaired) electrons. The molecule has 0 saturated heterocycles. The van der Waals surface area contributed by atoms with Crippen LogP contribution in [0, 0.1) is 0 Å². The molecule has 0 fully saturated rings. The predicted molar refractivity (Wildman–Crippen MR) is 56.7 cm³/mol. The first-order chi connectivity index (χ1) is 7.38. The SMILES string of the molecule is CNc1nnc(COCc2ccco2)s1. The van der Waals surface area contributed by atoms with Crippen LogP contribution < -0.4 is 5.32 Å². The van der Waals surface area contributed by atoms with E-state index in [1.807, 2.05) is 19.2 Å². The van der Waals surface area contributed by atoms with Crippen LogP contribution in [0.5, 0.6) is 0 Å². The fourth-order valence-corrected chi connectivity index (χ4v) is 1.68. The van der Waals surface area contributed by atoms with Crippen LogP contribution in [0.1, 0.15) is 10.8 Å². The second kappa shape index (κ2) is 4.90. The highest BCUT2D eigenvalue weighted by Gasteiger charge is 2.03. The molecule has 0 aliphatic rings. The summed E-state index contributed by atoms with van der Waals surface area (Å²) in [6, 6.07) is 3.71. The zero-order valence-electron chi connectivity index (χ0n) is 8.27. The van der Waals surface area contributed by atoms with Crippen LogP contribution in [0.3, 0.4) is 0 Å². The lowest BCUT2D eigenvalue weighted by atomic mass is 10.5. The van der Waals surface area contributed by atoms with E-state index in [0.717, 1.165) is 15.9 Å². The molecule has 2 aromatic heterocycles. The zero-order valence-corrected chi connectivity index (χ0v) is 9.08. The summed E-state index contributed by atoms with van der Waals surface area (Å²) < 4.78 is 10.5. The summed E-state index contributed by atoms with van der Waals surface area (Å²) in [7, 11) is 1.81. The van der Waals surface area contributed by atoms with E-state index >= 15 is 0 Å². The van der Waals surface area contributed by atoms with Gasteiger partial charge in [0.15, 0.2) is 0 Å². The highest BCUT2D eigenvalue weighted by molar-refractivity contribution is 7.15. The molecule has 1 N–H and O–H groups in total. The summed E-state index contributed by atoms with van der Waals surface area (Å²) in [6.07, 6.45) is 1.63. The van der Waals surface area contributed by atoms with Crippen molar-refractivity contribution in [3.63, 3.8) is 0 Å². The first kappa shape index (κ1) is 10.1. The zero-order chi connectivity index (χ0) is 10.5. The molecular formula is C9H11N3O2S. The third-order valence-corrected chi connectivity index (χ3v) is 2.64. The topological polar surface area (TPSA) is 60.2 Å². The van der Waals surface area contributed by atoms with Gasteiger partial charge in [-0.3, -0.25) is 0 Å². The number of nitrogens with one attached hydrogen (secondary N) is 1. The Hall–Kier alpha value is -1.40. The monoisotopic (exact) mass is 225 g/mol. The molecule has 2 rings (SSSR count). The molecule has 15 heavy (non-hydrogen) atoms. The molecule has 80 valence electrons. The smallest absolute Gasteiger partial charge is 0.205 e. The predicted octanol–water partition coefficient (Wildman–Crippen LogP) is 1.89. The van der Waals surface area contributed by atoms with E-state index in [9.17, 15) is 0 Å². The normalized spacial score (nSPS) is 10.5. The van der Waals surface area contributed by atoms with E-state index in [2.05, 4.69) is 15.5 Å². The third-order valence-electron chi connectivity index (χ3n) is 1.73. The summed E-state index contributed by atoms with van der Waals surface area (Å²) in [5.41, 5.74) is 0. The van der Waals surface area contributed by atoms with Crippen LogP contribution in [0.15, 0.2) is 22.8 Å². The molecule has 6 heteroatoms. The molecule has 0 bridgehead atoms. The molecule has 0 saturated carbocycles. The minimum absolute atomic E-state index is 0.458. The van der Waals surface area contributed by atoms with Gasteiger partial charge >= 0.3 is 0 Å². The van der Waals surface area contributed by atoms with Gasteiger partial charge in [-0.25, -0.2) is 0 Å². The number of rotatable bonds is 5. The van der Waals surface area contributed by atoms with Crippen molar-refractivity contribution < 1.29 is 9.15 Å². The Morgan fingerprint density at radius 1 is 1.47 bits per heavy atom. The van der Waals surface area contributed by atoms with Crippen molar-refractivity contribution in [1.29, 1.82) is 0 Å². The average molecular weight is 225 g/mol. The average Bonchev–Trinajstić information content (AvgIpc) is 2.88. The van der Waals surface area contributed by atoms with Crippen molar-refractivity contribution >= 4 is 16.5 Å². The van der Waals surface area contributed by atoms with Crippen LogP contribution in [-0.2, 0) is 18.0 Å². The Balaban J connectivity index is 1.78. The van der Waals surface area contributed by atoms with Gasteiger partial charge in [0.25, 0.3) is 0 Å². The quantitative estimate of drug-likeness (QED) is 0.842. The van der Waals surface area contributed by atoms with E-state index in [4.69, 9.17) is 9.15 Å². The summed E-state index contributed by atoms with van der Waals surface area (Å²) >= 11 is 1.48. The second-order valence-corrected chi connectivity index (χ2v) is 3.89. The van der Waals surface area contributed by atoms with E-state index in [-0.39, 0.29) is 0 Å². The first-order valence-electron chi connectivity index (χ1n) is 4.49. The molecule has 0 amide bonds. The number of nitrogens with zero attached hydrogens (tertiary/aromatic N) is 2. The van der Waals surface area contributed by atoms with Gasteiger partial charge in [0.05, 0.1) is 6.26 Å². The fraction of sp³-hybridized carbons (Fsp3) is 0.333. The number of ether oxygens (including phenoxy) is 1. The summed E-state index contributed by atoms with van der Waals surface area (Å²) in [4.78, 5) is 0. The first-order valence-corrected chi connectivity index (χ1v) is 5.30. The molecule has 5 nitrogen and oxygen atoms in total. The van der Waals surface area contributed by atoms with Gasteiger partial charge in [0.1, 0.15) is 24.0 Å². The maximum Gasteiger partial charge on any atom is 0.205 e. The van der Waals surface area contributed by atoms with Gasteiger partial charge in [0, 0.05) is 7.05 Å². The van der Waals surface area contributed by atoms with E-state index in [1.165, 1.54) is 11.3 Å². The maximum absolute atomic E-state index is 5.41. The van der Waals surface area contributed by atoms with E-state index in [1.54, 1.807) is 6.26 Å². The largest absolute Gasteiger partial charge is 0.467 e. The van der Waals surface area contributed by atoms with Gasteiger partial charge < -0.3 is 14.5 Å². The van der Waals surface area contributed by atoms with Crippen molar-refractivity contribution in [2.75, 3.05) is 12.4 Å². The lowest BCUT2D eigenvalue weighted by Gasteiger charge is -1.97. The van der Waals surface area contributed by atoms with E-state index in [0.29, 0.717) is 13.2 Å². The molecule has 0 aliphatic heterocycles. The van der Waals surface area contributed by atoms with Gasteiger partial charge in [-0.1, -0.05) is 11.3 Å². The number of hydrogen-bond acceptors (Lipinski definition) is 6. The van der Waals surface area contributed by atoms with Crippen molar-refractivity contribution in [2.24, 2.45) is 0 Å². The minimum atomic E-state index is 0.458. The standard InChI is InChI=1S/C9H11N3O2S/c1-10-9-12-11-8(15-9)6-13-5-7-3-2-4-14-7/h2-4H,5-6H2,1H3,(H,10,12). The number of anilines is 1. The Labute approximate surface area is 91.1 Å². The summed E-state index contributed by atoms with van der Waals surface area (Å²) in [5.74, 6) is 0.813. The lowest BCUT2D eigenvalue weighted by Crippen LogP contribution is -1.92. The number of aromatic nitrogens is 2. The lowest BCUT2D eigenvalue weighted by molar-refractivity contribution is 0.0924. The minimum Gasteiger partial charge on any atom is -0.467 e. The van der Waals surface area contributed by atoms with Crippen LogP contribution in [0.4, 0.5) is 5.13 Å². The molecule has 2 aromatic rings. The van der Waals surface area contributed by atoms with Gasteiger partial charge in [-0.05, 0) is 12.1 Å². The molecule has 0 atom stereocenters. The van der Waals surface area contributed by atoms with Crippen LogP contribution in [0.25, 0.3) is 0 Å². The Bertz CT molecular complexity index is 399. The number of hydrogen-bond donors (Lipinski definition) is 1. The summed E-state index contributed by atoms with van der Waals surface area (Å²) in [6.45, 7) is 0.918. The van der Waals surface area contributed by atoms with Crippen molar-refractivity contribution in [2.45, 2.75) is 13.2 Å². The molecule has 2 heterocycles. The number of furan rings is 1. The highest BCUT2D eigenvalue weighted by atomic mass is 32.1. The molecule has 0 aliphatic carbocycles. The van der Waals surface area contributed by atoms with Gasteiger partial charge in [0.2, 0.25) is 5.13 Å². The maximum atomic E-state index is 5.41. The molecule has 0 unspecified atom stereocenters. The Morgan fingerprint density at radius 2 is 2.40 bits per heavy atom. The molecule has 0 aromatic carbocycles. The van der Waals surface area contributed by atoms with Crippen LogP contribution >= 0.6 is 11.3 Å². The molecular weight excluding hydrogens is 214 g/mol. The molecule has 0 spiro atoms. The van der Waals surface area contributed by atoms with Crippen molar-refractivity contribution in [1.82, 2.24) is 10.2 Å². The van der Waals surface area contributed by atoms with Crippen molar-refractivity contribution in [3.05, 3.63) is 29.2 Å². The third kappa shape index (κ3) is 2.77. The van der Waals surface area contributed by atoms with E-state index < -0.39 is 0 Å².